The number of para-hydroxylation sites is 1. The van der Waals surface area contributed by atoms with Crippen LogP contribution in [0.4, 0.5) is 10.1 Å². The van der Waals surface area contributed by atoms with E-state index in [0.717, 1.165) is 0 Å². The number of carbonyl (C=O) groups excluding carboxylic acids is 2. The van der Waals surface area contributed by atoms with Gasteiger partial charge in [0.1, 0.15) is 23.8 Å². The summed E-state index contributed by atoms with van der Waals surface area (Å²) < 4.78 is 29.7. The Balaban J connectivity index is 1.48. The number of nitrogens with zero attached hydrogens (tertiary/aromatic N) is 1. The molecule has 0 radical (unpaired) electrons. The molecule has 1 aromatic heterocycles. The van der Waals surface area contributed by atoms with Gasteiger partial charge in [0.15, 0.2) is 0 Å². The smallest absolute Gasteiger partial charge is 0.336 e. The molecule has 0 bridgehead atoms. The van der Waals surface area contributed by atoms with Gasteiger partial charge in [0, 0.05) is 36.0 Å². The number of esters is 1. The fourth-order valence-corrected chi connectivity index (χ4v) is 3.49. The van der Waals surface area contributed by atoms with Crippen molar-refractivity contribution in [2.45, 2.75) is 13.0 Å². The maximum absolute atomic E-state index is 14.0. The first kappa shape index (κ1) is 19.6. The van der Waals surface area contributed by atoms with Crippen LogP contribution in [0.2, 0.25) is 0 Å². The second-order valence-corrected chi connectivity index (χ2v) is 6.92. The summed E-state index contributed by atoms with van der Waals surface area (Å²) in [5, 5.41) is 0.610. The van der Waals surface area contributed by atoms with Crippen molar-refractivity contribution in [3.05, 3.63) is 70.3 Å². The van der Waals surface area contributed by atoms with Crippen LogP contribution in [0.3, 0.4) is 0 Å². The minimum atomic E-state index is -0.719. The topological polar surface area (TPSA) is 86.0 Å². The summed E-state index contributed by atoms with van der Waals surface area (Å²) in [6.45, 7) is -0.120. The van der Waals surface area contributed by atoms with Gasteiger partial charge in [0.25, 0.3) is 0 Å². The highest BCUT2D eigenvalue weighted by Crippen LogP contribution is 2.28. The summed E-state index contributed by atoms with van der Waals surface area (Å²) in [6, 6.07) is 12.1. The lowest BCUT2D eigenvalue weighted by Gasteiger charge is -2.17. The van der Waals surface area contributed by atoms with E-state index in [1.165, 1.54) is 36.3 Å². The number of halogens is 1. The van der Waals surface area contributed by atoms with E-state index in [1.54, 1.807) is 24.3 Å². The lowest BCUT2D eigenvalue weighted by molar-refractivity contribution is -0.149. The molecule has 1 amide bonds. The van der Waals surface area contributed by atoms with Gasteiger partial charge in [0.05, 0.1) is 18.7 Å². The number of rotatable bonds is 5. The number of anilines is 1. The minimum Gasteiger partial charge on any atom is -0.497 e. The van der Waals surface area contributed by atoms with Gasteiger partial charge in [-0.1, -0.05) is 12.1 Å². The summed E-state index contributed by atoms with van der Waals surface area (Å²) in [5.41, 5.74) is 0.351. The van der Waals surface area contributed by atoms with Crippen LogP contribution >= 0.6 is 0 Å². The van der Waals surface area contributed by atoms with Gasteiger partial charge in [-0.05, 0) is 24.3 Å². The van der Waals surface area contributed by atoms with Crippen molar-refractivity contribution in [2.75, 3.05) is 18.6 Å². The van der Waals surface area contributed by atoms with Gasteiger partial charge >= 0.3 is 11.6 Å². The normalized spacial score (nSPS) is 16.1. The largest absolute Gasteiger partial charge is 0.497 e. The van der Waals surface area contributed by atoms with Crippen molar-refractivity contribution in [2.24, 2.45) is 5.92 Å². The molecule has 3 aromatic rings. The highest BCUT2D eigenvalue weighted by atomic mass is 19.1. The van der Waals surface area contributed by atoms with E-state index in [9.17, 15) is 18.8 Å². The lowest BCUT2D eigenvalue weighted by Crippen LogP contribution is -2.27. The molecule has 1 atom stereocenters. The Bertz CT molecular complexity index is 1190. The molecule has 0 saturated carbocycles. The van der Waals surface area contributed by atoms with Crippen molar-refractivity contribution >= 4 is 28.5 Å². The molecule has 0 aliphatic carbocycles. The third-order valence-corrected chi connectivity index (χ3v) is 5.01. The Morgan fingerprint density at radius 3 is 2.77 bits per heavy atom. The van der Waals surface area contributed by atoms with E-state index in [0.29, 0.717) is 22.3 Å². The number of fused-ring (bicyclic) bond motifs is 1. The van der Waals surface area contributed by atoms with E-state index in [2.05, 4.69) is 0 Å². The Kier molecular flexibility index (Phi) is 5.22. The molecule has 0 unspecified atom stereocenters. The van der Waals surface area contributed by atoms with E-state index in [4.69, 9.17) is 13.9 Å². The second-order valence-electron chi connectivity index (χ2n) is 6.92. The third-order valence-electron chi connectivity index (χ3n) is 5.01. The van der Waals surface area contributed by atoms with Crippen LogP contribution in [0.15, 0.2) is 57.7 Å². The van der Waals surface area contributed by atoms with Gasteiger partial charge < -0.3 is 18.8 Å². The van der Waals surface area contributed by atoms with Gasteiger partial charge in [-0.25, -0.2) is 9.18 Å². The van der Waals surface area contributed by atoms with Crippen LogP contribution in [0.5, 0.6) is 5.75 Å². The monoisotopic (exact) mass is 411 g/mol. The van der Waals surface area contributed by atoms with Gasteiger partial charge in [-0.3, -0.25) is 9.59 Å². The number of carbonyl (C=O) groups is 2. The lowest BCUT2D eigenvalue weighted by atomic mass is 10.1. The van der Waals surface area contributed by atoms with E-state index in [-0.39, 0.29) is 31.2 Å². The Morgan fingerprint density at radius 2 is 2.00 bits per heavy atom. The summed E-state index contributed by atoms with van der Waals surface area (Å²) in [6.07, 6.45) is -0.0674. The summed E-state index contributed by atoms with van der Waals surface area (Å²) in [7, 11) is 1.50. The van der Waals surface area contributed by atoms with Crippen molar-refractivity contribution in [3.63, 3.8) is 0 Å². The first-order chi connectivity index (χ1) is 14.5. The Hall–Kier alpha value is -3.68. The van der Waals surface area contributed by atoms with Crippen LogP contribution in [0, 0.1) is 11.7 Å². The number of hydrogen-bond acceptors (Lipinski definition) is 6. The fourth-order valence-electron chi connectivity index (χ4n) is 3.49. The molecule has 4 rings (SSSR count). The van der Waals surface area contributed by atoms with Crippen LogP contribution in [-0.4, -0.2) is 25.5 Å². The summed E-state index contributed by atoms with van der Waals surface area (Å²) in [4.78, 5) is 37.9. The number of methoxy groups -OCH3 is 1. The Morgan fingerprint density at radius 1 is 1.20 bits per heavy atom. The molecule has 1 aliphatic heterocycles. The standard InChI is InChI=1S/C22H18FNO6/c1-28-15-6-7-16-14(9-21(26)30-19(16)10-15)12-29-22(27)13-8-20(25)24(11-13)18-5-3-2-4-17(18)23/h2-7,9-10,13H,8,11-12H2,1H3/t13-/m1/s1. The second kappa shape index (κ2) is 7.98. The van der Waals surface area contributed by atoms with E-state index >= 15 is 0 Å². The molecule has 7 nitrogen and oxygen atoms in total. The molecular weight excluding hydrogens is 393 g/mol. The van der Waals surface area contributed by atoms with Crippen molar-refractivity contribution in [1.29, 1.82) is 0 Å². The molecule has 8 heteroatoms. The number of ether oxygens (including phenoxy) is 2. The maximum Gasteiger partial charge on any atom is 0.336 e. The first-order valence-corrected chi connectivity index (χ1v) is 9.28. The van der Waals surface area contributed by atoms with E-state index in [1.807, 2.05) is 0 Å². The first-order valence-electron chi connectivity index (χ1n) is 9.28. The van der Waals surface area contributed by atoms with Crippen molar-refractivity contribution in [1.82, 2.24) is 0 Å². The SMILES string of the molecule is COc1ccc2c(COC(=O)[C@@H]3CC(=O)N(c4ccccc4F)C3)cc(=O)oc2c1. The predicted molar refractivity (Wildman–Crippen MR) is 106 cm³/mol. The zero-order valence-electron chi connectivity index (χ0n) is 16.1. The highest BCUT2D eigenvalue weighted by Gasteiger charge is 2.37. The number of amides is 1. The molecule has 1 fully saturated rings. The average Bonchev–Trinajstić information content (AvgIpc) is 3.13. The minimum absolute atomic E-state index is 0.0352. The molecule has 2 aromatic carbocycles. The average molecular weight is 411 g/mol. The quantitative estimate of drug-likeness (QED) is 0.474. The molecule has 0 spiro atoms. The van der Waals surface area contributed by atoms with Gasteiger partial charge in [-0.15, -0.1) is 0 Å². The van der Waals surface area contributed by atoms with Gasteiger partial charge in [-0.2, -0.15) is 0 Å². The molecule has 1 saturated heterocycles. The molecule has 30 heavy (non-hydrogen) atoms. The molecule has 1 aliphatic rings. The number of hydrogen-bond donors (Lipinski definition) is 0. The van der Waals surface area contributed by atoms with Crippen LogP contribution < -0.4 is 15.3 Å². The van der Waals surface area contributed by atoms with Crippen LogP contribution in [-0.2, 0) is 20.9 Å². The molecule has 154 valence electrons. The zero-order valence-corrected chi connectivity index (χ0v) is 16.1. The molecule has 0 N–H and O–H groups in total. The highest BCUT2D eigenvalue weighted by molar-refractivity contribution is 5.99. The predicted octanol–water partition coefficient (Wildman–Crippen LogP) is 3.04. The third kappa shape index (κ3) is 3.76. The zero-order chi connectivity index (χ0) is 21.3. The summed E-state index contributed by atoms with van der Waals surface area (Å²) in [5.74, 6) is -1.66. The number of benzene rings is 2. The maximum atomic E-state index is 14.0. The Labute approximate surface area is 170 Å². The molecular formula is C22H18FNO6. The fraction of sp³-hybridized carbons (Fsp3) is 0.227. The summed E-state index contributed by atoms with van der Waals surface area (Å²) >= 11 is 0. The van der Waals surface area contributed by atoms with Crippen LogP contribution in [0.25, 0.3) is 11.0 Å². The molecule has 2 heterocycles. The van der Waals surface area contributed by atoms with Crippen LogP contribution in [0.1, 0.15) is 12.0 Å². The van der Waals surface area contributed by atoms with Gasteiger partial charge in [0.2, 0.25) is 5.91 Å². The van der Waals surface area contributed by atoms with Crippen molar-refractivity contribution in [3.8, 4) is 5.75 Å². The van der Waals surface area contributed by atoms with E-state index < -0.39 is 23.3 Å². The van der Waals surface area contributed by atoms with Crippen molar-refractivity contribution < 1.29 is 27.9 Å².